The van der Waals surface area contributed by atoms with Crippen LogP contribution in [0.4, 0.5) is 4.39 Å². The van der Waals surface area contributed by atoms with Crippen molar-refractivity contribution in [3.05, 3.63) is 35.3 Å². The average molecular weight is 321 g/mol. The molecule has 0 atom stereocenters. The van der Waals surface area contributed by atoms with E-state index in [0.717, 1.165) is 0 Å². The van der Waals surface area contributed by atoms with E-state index in [9.17, 15) is 14.0 Å². The molecule has 0 aliphatic heterocycles. The van der Waals surface area contributed by atoms with Crippen LogP contribution in [0, 0.1) is 18.7 Å². The summed E-state index contributed by atoms with van der Waals surface area (Å²) in [6, 6.07) is 4.09. The molecule has 1 aromatic heterocycles. The summed E-state index contributed by atoms with van der Waals surface area (Å²) in [4.78, 5) is 25.0. The van der Waals surface area contributed by atoms with Crippen molar-refractivity contribution in [2.45, 2.75) is 27.2 Å². The molecule has 5 nitrogen and oxygen atoms in total. The van der Waals surface area contributed by atoms with Gasteiger partial charge >= 0.3 is 5.97 Å². The van der Waals surface area contributed by atoms with Crippen molar-refractivity contribution >= 4 is 22.8 Å². The fourth-order valence-electron chi connectivity index (χ4n) is 2.49. The fourth-order valence-corrected chi connectivity index (χ4v) is 2.49. The Kier molecular flexibility index (Phi) is 5.03. The molecule has 2 rings (SSSR count). The lowest BCUT2D eigenvalue weighted by atomic mass is 10.1. The molecule has 2 aromatic rings. The van der Waals surface area contributed by atoms with Crippen LogP contribution in [-0.2, 0) is 4.79 Å². The van der Waals surface area contributed by atoms with Gasteiger partial charge in [-0.2, -0.15) is 0 Å². The largest absolute Gasteiger partial charge is 0.481 e. The van der Waals surface area contributed by atoms with E-state index in [1.165, 1.54) is 23.1 Å². The standard InChI is InChI=1S/C17H20FNO4/c1-10(2)9-19(7-6-15(20)21)17(22)16-11(3)13-8-12(18)4-5-14(13)23-16/h4-5,8,10H,6-7,9H2,1-3H3,(H,20,21). The molecule has 0 fully saturated rings. The molecule has 0 saturated carbocycles. The average Bonchev–Trinajstić information content (AvgIpc) is 2.79. The van der Waals surface area contributed by atoms with Gasteiger partial charge in [-0.1, -0.05) is 13.8 Å². The predicted octanol–water partition coefficient (Wildman–Crippen LogP) is 3.45. The molecule has 1 N–H and O–H groups in total. The first kappa shape index (κ1) is 17.0. The number of halogens is 1. The fraction of sp³-hybridized carbons (Fsp3) is 0.412. The number of aryl methyl sites for hydroxylation is 1. The molecular weight excluding hydrogens is 301 g/mol. The van der Waals surface area contributed by atoms with E-state index in [-0.39, 0.29) is 30.6 Å². The van der Waals surface area contributed by atoms with Gasteiger partial charge < -0.3 is 14.4 Å². The van der Waals surface area contributed by atoms with Gasteiger partial charge in [-0.3, -0.25) is 9.59 Å². The van der Waals surface area contributed by atoms with Crippen LogP contribution in [0.5, 0.6) is 0 Å². The number of hydrogen-bond donors (Lipinski definition) is 1. The molecular formula is C17H20FNO4. The van der Waals surface area contributed by atoms with E-state index in [2.05, 4.69) is 0 Å². The highest BCUT2D eigenvalue weighted by Gasteiger charge is 2.24. The minimum absolute atomic E-state index is 0.108. The maximum Gasteiger partial charge on any atom is 0.305 e. The third-order valence-corrected chi connectivity index (χ3v) is 3.56. The number of furan rings is 1. The molecule has 23 heavy (non-hydrogen) atoms. The molecule has 1 heterocycles. The lowest BCUT2D eigenvalue weighted by Gasteiger charge is -2.23. The summed E-state index contributed by atoms with van der Waals surface area (Å²) >= 11 is 0. The van der Waals surface area contributed by atoms with E-state index in [4.69, 9.17) is 9.52 Å². The Labute approximate surface area is 133 Å². The second-order valence-electron chi connectivity index (χ2n) is 5.99. The monoisotopic (exact) mass is 321 g/mol. The van der Waals surface area contributed by atoms with Crippen LogP contribution in [0.3, 0.4) is 0 Å². The molecule has 0 bridgehead atoms. The number of carbonyl (C=O) groups is 2. The summed E-state index contributed by atoms with van der Waals surface area (Å²) in [5.74, 6) is -1.40. The molecule has 0 spiro atoms. The van der Waals surface area contributed by atoms with Crippen molar-refractivity contribution in [2.75, 3.05) is 13.1 Å². The van der Waals surface area contributed by atoms with Crippen LogP contribution >= 0.6 is 0 Å². The van der Waals surface area contributed by atoms with Gasteiger partial charge in [-0.05, 0) is 31.0 Å². The summed E-state index contributed by atoms with van der Waals surface area (Å²) in [5.41, 5.74) is 1.00. The van der Waals surface area contributed by atoms with Crippen LogP contribution < -0.4 is 0 Å². The van der Waals surface area contributed by atoms with Crippen molar-refractivity contribution in [1.82, 2.24) is 4.90 Å². The van der Waals surface area contributed by atoms with Gasteiger partial charge in [0, 0.05) is 24.0 Å². The Bertz CT molecular complexity index is 736. The van der Waals surface area contributed by atoms with Crippen molar-refractivity contribution < 1.29 is 23.5 Å². The maximum absolute atomic E-state index is 13.4. The summed E-state index contributed by atoms with van der Waals surface area (Å²) in [6.45, 7) is 6.13. The summed E-state index contributed by atoms with van der Waals surface area (Å²) in [6.07, 6.45) is -0.133. The summed E-state index contributed by atoms with van der Waals surface area (Å²) in [7, 11) is 0. The molecule has 0 aliphatic rings. The first-order chi connectivity index (χ1) is 10.8. The molecule has 0 unspecified atom stereocenters. The van der Waals surface area contributed by atoms with Crippen molar-refractivity contribution in [3.63, 3.8) is 0 Å². The second-order valence-corrected chi connectivity index (χ2v) is 5.99. The first-order valence-corrected chi connectivity index (χ1v) is 7.49. The zero-order chi connectivity index (χ0) is 17.1. The number of benzene rings is 1. The number of nitrogens with zero attached hydrogens (tertiary/aromatic N) is 1. The quantitative estimate of drug-likeness (QED) is 0.884. The number of hydrogen-bond acceptors (Lipinski definition) is 3. The number of aliphatic carboxylic acids is 1. The predicted molar refractivity (Wildman–Crippen MR) is 83.9 cm³/mol. The van der Waals surface area contributed by atoms with Gasteiger partial charge in [0.1, 0.15) is 11.4 Å². The lowest BCUT2D eigenvalue weighted by molar-refractivity contribution is -0.137. The Morgan fingerprint density at radius 1 is 1.35 bits per heavy atom. The molecule has 1 aromatic carbocycles. The number of carboxylic acid groups (broad SMARTS) is 1. The van der Waals surface area contributed by atoms with Gasteiger partial charge in [0.15, 0.2) is 5.76 Å². The SMILES string of the molecule is Cc1c(C(=O)N(CCC(=O)O)CC(C)C)oc2ccc(F)cc12. The van der Waals surface area contributed by atoms with Gasteiger partial charge in [0.25, 0.3) is 5.91 Å². The maximum atomic E-state index is 13.4. The van der Waals surface area contributed by atoms with Crippen LogP contribution in [0.1, 0.15) is 36.4 Å². The molecule has 1 amide bonds. The zero-order valence-corrected chi connectivity index (χ0v) is 13.4. The van der Waals surface area contributed by atoms with Gasteiger partial charge in [-0.15, -0.1) is 0 Å². The Hall–Kier alpha value is -2.37. The molecule has 0 aliphatic carbocycles. The van der Waals surface area contributed by atoms with E-state index in [1.807, 2.05) is 13.8 Å². The zero-order valence-electron chi connectivity index (χ0n) is 13.4. The van der Waals surface area contributed by atoms with Gasteiger partial charge in [0.05, 0.1) is 6.42 Å². The summed E-state index contributed by atoms with van der Waals surface area (Å²) < 4.78 is 18.9. The Balaban J connectivity index is 2.34. The van der Waals surface area contributed by atoms with Gasteiger partial charge in [0.2, 0.25) is 0 Å². The van der Waals surface area contributed by atoms with Crippen LogP contribution in [0.2, 0.25) is 0 Å². The van der Waals surface area contributed by atoms with Crippen molar-refractivity contribution in [2.24, 2.45) is 5.92 Å². The highest BCUT2D eigenvalue weighted by molar-refractivity contribution is 5.99. The minimum atomic E-state index is -0.963. The minimum Gasteiger partial charge on any atom is -0.481 e. The Morgan fingerprint density at radius 2 is 2.04 bits per heavy atom. The van der Waals surface area contributed by atoms with Crippen LogP contribution in [0.25, 0.3) is 11.0 Å². The molecule has 6 heteroatoms. The highest BCUT2D eigenvalue weighted by Crippen LogP contribution is 2.27. The van der Waals surface area contributed by atoms with Crippen molar-refractivity contribution in [3.8, 4) is 0 Å². The third kappa shape index (κ3) is 3.88. The van der Waals surface area contributed by atoms with Gasteiger partial charge in [-0.25, -0.2) is 4.39 Å². The number of rotatable bonds is 6. The van der Waals surface area contributed by atoms with Crippen LogP contribution in [0.15, 0.2) is 22.6 Å². The third-order valence-electron chi connectivity index (χ3n) is 3.56. The number of carbonyl (C=O) groups excluding carboxylic acids is 1. The molecule has 0 saturated heterocycles. The van der Waals surface area contributed by atoms with Crippen LogP contribution in [-0.4, -0.2) is 35.0 Å². The first-order valence-electron chi connectivity index (χ1n) is 7.49. The molecule has 0 radical (unpaired) electrons. The number of carboxylic acids is 1. The second kappa shape index (κ2) is 6.81. The number of fused-ring (bicyclic) bond motifs is 1. The van der Waals surface area contributed by atoms with E-state index < -0.39 is 11.8 Å². The smallest absolute Gasteiger partial charge is 0.305 e. The topological polar surface area (TPSA) is 70.8 Å². The summed E-state index contributed by atoms with van der Waals surface area (Å²) in [5, 5.41) is 9.40. The molecule has 124 valence electrons. The Morgan fingerprint density at radius 3 is 2.65 bits per heavy atom. The highest BCUT2D eigenvalue weighted by atomic mass is 19.1. The number of amides is 1. The van der Waals surface area contributed by atoms with Crippen molar-refractivity contribution in [1.29, 1.82) is 0 Å². The normalized spacial score (nSPS) is 11.2. The van der Waals surface area contributed by atoms with E-state index in [0.29, 0.717) is 23.1 Å². The van der Waals surface area contributed by atoms with E-state index in [1.54, 1.807) is 6.92 Å². The lowest BCUT2D eigenvalue weighted by Crippen LogP contribution is -2.36. The van der Waals surface area contributed by atoms with E-state index >= 15 is 0 Å².